The summed E-state index contributed by atoms with van der Waals surface area (Å²) in [5.41, 5.74) is 1.29. The molecule has 72 valence electrons. The van der Waals surface area contributed by atoms with Gasteiger partial charge in [-0.2, -0.15) is 0 Å². The van der Waals surface area contributed by atoms with Gasteiger partial charge in [-0.1, -0.05) is 25.4 Å². The number of hydrogen-bond donors (Lipinski definition) is 1. The first-order valence-electron chi connectivity index (χ1n) is 4.66. The van der Waals surface area contributed by atoms with Gasteiger partial charge in [0.25, 0.3) is 0 Å². The van der Waals surface area contributed by atoms with Crippen molar-refractivity contribution in [2.45, 2.75) is 19.9 Å². The minimum Gasteiger partial charge on any atom is -0.309 e. The molecule has 0 saturated carbocycles. The van der Waals surface area contributed by atoms with Crippen LogP contribution in [0.1, 0.15) is 25.5 Å². The van der Waals surface area contributed by atoms with E-state index in [2.05, 4.69) is 30.6 Å². The van der Waals surface area contributed by atoms with Crippen LogP contribution in [0.4, 0.5) is 0 Å². The van der Waals surface area contributed by atoms with Crippen molar-refractivity contribution >= 4 is 22.9 Å². The van der Waals surface area contributed by atoms with Gasteiger partial charge < -0.3 is 5.32 Å². The molecule has 1 saturated heterocycles. The van der Waals surface area contributed by atoms with E-state index in [0.29, 0.717) is 6.04 Å². The van der Waals surface area contributed by atoms with Gasteiger partial charge in [-0.05, 0) is 28.8 Å². The van der Waals surface area contributed by atoms with Crippen molar-refractivity contribution in [3.8, 4) is 0 Å². The Kier molecular flexibility index (Phi) is 2.63. The van der Waals surface area contributed by atoms with Gasteiger partial charge in [0.05, 0.1) is 4.34 Å². The maximum atomic E-state index is 6.10. The fourth-order valence-corrected chi connectivity index (χ4v) is 2.86. The van der Waals surface area contributed by atoms with Gasteiger partial charge in [-0.3, -0.25) is 0 Å². The SMILES string of the molecule is CC(C)C1CNC1c1ccsc1Cl. The van der Waals surface area contributed by atoms with Crippen molar-refractivity contribution in [3.05, 3.63) is 21.3 Å². The van der Waals surface area contributed by atoms with Crippen molar-refractivity contribution in [1.29, 1.82) is 0 Å². The molecule has 1 aromatic rings. The Bertz CT molecular complexity index is 295. The van der Waals surface area contributed by atoms with Crippen LogP contribution in [-0.2, 0) is 0 Å². The lowest BCUT2D eigenvalue weighted by Gasteiger charge is -2.40. The van der Waals surface area contributed by atoms with Crippen LogP contribution in [0.5, 0.6) is 0 Å². The molecular formula is C10H14ClNS. The Balaban J connectivity index is 2.15. The third kappa shape index (κ3) is 1.63. The molecular weight excluding hydrogens is 202 g/mol. The number of halogens is 1. The second kappa shape index (κ2) is 3.60. The highest BCUT2D eigenvalue weighted by Crippen LogP contribution is 2.39. The summed E-state index contributed by atoms with van der Waals surface area (Å²) in [7, 11) is 0. The van der Waals surface area contributed by atoms with Gasteiger partial charge in [0, 0.05) is 12.6 Å². The highest BCUT2D eigenvalue weighted by atomic mass is 35.5. The lowest BCUT2D eigenvalue weighted by atomic mass is 9.79. The topological polar surface area (TPSA) is 12.0 Å². The van der Waals surface area contributed by atoms with Crippen LogP contribution in [-0.4, -0.2) is 6.54 Å². The Morgan fingerprint density at radius 2 is 2.38 bits per heavy atom. The van der Waals surface area contributed by atoms with Crippen LogP contribution < -0.4 is 5.32 Å². The monoisotopic (exact) mass is 215 g/mol. The molecule has 2 rings (SSSR count). The average molecular weight is 216 g/mol. The standard InChI is InChI=1S/C10H14ClNS/c1-6(2)8-5-12-9(8)7-3-4-13-10(7)11/h3-4,6,8-9,12H,5H2,1-2H3. The van der Waals surface area contributed by atoms with E-state index in [1.807, 2.05) is 0 Å². The Morgan fingerprint density at radius 1 is 1.62 bits per heavy atom. The van der Waals surface area contributed by atoms with Crippen LogP contribution in [0.3, 0.4) is 0 Å². The second-order valence-corrected chi connectivity index (χ2v) is 5.46. The molecule has 0 amide bonds. The molecule has 2 atom stereocenters. The molecule has 2 heterocycles. The predicted molar refractivity (Wildman–Crippen MR) is 58.4 cm³/mol. The first-order chi connectivity index (χ1) is 6.20. The highest BCUT2D eigenvalue weighted by molar-refractivity contribution is 7.14. The summed E-state index contributed by atoms with van der Waals surface area (Å²) in [6.07, 6.45) is 0. The number of thiophene rings is 1. The van der Waals surface area contributed by atoms with Crippen molar-refractivity contribution in [2.24, 2.45) is 11.8 Å². The van der Waals surface area contributed by atoms with Gasteiger partial charge in [0.15, 0.2) is 0 Å². The third-order valence-corrected chi connectivity index (χ3v) is 4.04. The predicted octanol–water partition coefficient (Wildman–Crippen LogP) is 3.32. The lowest BCUT2D eigenvalue weighted by molar-refractivity contribution is 0.174. The van der Waals surface area contributed by atoms with Crippen molar-refractivity contribution in [3.63, 3.8) is 0 Å². The van der Waals surface area contributed by atoms with Crippen LogP contribution >= 0.6 is 22.9 Å². The average Bonchev–Trinajstić information content (AvgIpc) is 2.33. The van der Waals surface area contributed by atoms with Crippen LogP contribution in [0, 0.1) is 11.8 Å². The highest BCUT2D eigenvalue weighted by Gasteiger charge is 2.34. The molecule has 13 heavy (non-hydrogen) atoms. The van der Waals surface area contributed by atoms with E-state index >= 15 is 0 Å². The zero-order valence-corrected chi connectivity index (χ0v) is 9.45. The summed E-state index contributed by atoms with van der Waals surface area (Å²) in [6, 6.07) is 2.64. The fraction of sp³-hybridized carbons (Fsp3) is 0.600. The molecule has 2 unspecified atom stereocenters. The van der Waals surface area contributed by atoms with Crippen molar-refractivity contribution < 1.29 is 0 Å². The molecule has 1 aliphatic heterocycles. The van der Waals surface area contributed by atoms with E-state index in [9.17, 15) is 0 Å². The van der Waals surface area contributed by atoms with Gasteiger partial charge in [0.1, 0.15) is 0 Å². The van der Waals surface area contributed by atoms with Crippen molar-refractivity contribution in [1.82, 2.24) is 5.32 Å². The molecule has 1 aromatic heterocycles. The fourth-order valence-electron chi connectivity index (χ4n) is 1.86. The summed E-state index contributed by atoms with van der Waals surface area (Å²) < 4.78 is 0.947. The largest absolute Gasteiger partial charge is 0.309 e. The smallest absolute Gasteiger partial charge is 0.0976 e. The van der Waals surface area contributed by atoms with E-state index in [-0.39, 0.29) is 0 Å². The van der Waals surface area contributed by atoms with E-state index in [1.54, 1.807) is 11.3 Å². The lowest BCUT2D eigenvalue weighted by Crippen LogP contribution is -2.48. The summed E-state index contributed by atoms with van der Waals surface area (Å²) in [5.74, 6) is 1.49. The second-order valence-electron chi connectivity index (χ2n) is 3.94. The maximum absolute atomic E-state index is 6.10. The first-order valence-corrected chi connectivity index (χ1v) is 5.92. The summed E-state index contributed by atoms with van der Waals surface area (Å²) >= 11 is 7.72. The zero-order chi connectivity index (χ0) is 9.42. The maximum Gasteiger partial charge on any atom is 0.0976 e. The Labute approximate surface area is 88.1 Å². The molecule has 1 aliphatic rings. The first kappa shape index (κ1) is 9.50. The molecule has 1 fully saturated rings. The molecule has 0 spiro atoms. The molecule has 3 heteroatoms. The number of hydrogen-bond acceptors (Lipinski definition) is 2. The van der Waals surface area contributed by atoms with Crippen LogP contribution in [0.15, 0.2) is 11.4 Å². The molecule has 1 N–H and O–H groups in total. The number of rotatable bonds is 2. The van der Waals surface area contributed by atoms with E-state index in [1.165, 1.54) is 5.56 Å². The van der Waals surface area contributed by atoms with Crippen LogP contribution in [0.2, 0.25) is 4.34 Å². The molecule has 0 aliphatic carbocycles. The van der Waals surface area contributed by atoms with Gasteiger partial charge in [-0.25, -0.2) is 0 Å². The van der Waals surface area contributed by atoms with Crippen molar-refractivity contribution in [2.75, 3.05) is 6.54 Å². The molecule has 0 bridgehead atoms. The number of nitrogens with one attached hydrogen (secondary N) is 1. The quantitative estimate of drug-likeness (QED) is 0.798. The molecule has 0 aromatic carbocycles. The van der Waals surface area contributed by atoms with E-state index in [0.717, 1.165) is 22.7 Å². The van der Waals surface area contributed by atoms with E-state index in [4.69, 9.17) is 11.6 Å². The van der Waals surface area contributed by atoms with Gasteiger partial charge in [0.2, 0.25) is 0 Å². The van der Waals surface area contributed by atoms with E-state index < -0.39 is 0 Å². The third-order valence-electron chi connectivity index (χ3n) is 2.84. The Morgan fingerprint density at radius 3 is 2.77 bits per heavy atom. The Hall–Kier alpha value is -0.0500. The molecule has 0 radical (unpaired) electrons. The van der Waals surface area contributed by atoms with Gasteiger partial charge >= 0.3 is 0 Å². The minimum absolute atomic E-state index is 0.499. The summed E-state index contributed by atoms with van der Waals surface area (Å²) in [4.78, 5) is 0. The molecule has 1 nitrogen and oxygen atoms in total. The zero-order valence-electron chi connectivity index (χ0n) is 7.88. The summed E-state index contributed by atoms with van der Waals surface area (Å²) in [5, 5.41) is 5.51. The van der Waals surface area contributed by atoms with Crippen LogP contribution in [0.25, 0.3) is 0 Å². The van der Waals surface area contributed by atoms with Gasteiger partial charge in [-0.15, -0.1) is 11.3 Å². The summed E-state index contributed by atoms with van der Waals surface area (Å²) in [6.45, 7) is 5.69. The normalized spacial score (nSPS) is 27.7. The minimum atomic E-state index is 0.499.